The lowest BCUT2D eigenvalue weighted by atomic mass is 9.96. The van der Waals surface area contributed by atoms with Crippen LogP contribution in [0.25, 0.3) is 0 Å². The van der Waals surface area contributed by atoms with E-state index in [1.54, 1.807) is 7.11 Å². The van der Waals surface area contributed by atoms with Crippen molar-refractivity contribution in [2.45, 2.75) is 63.3 Å². The number of carboxylic acids is 1. The molecule has 2 aliphatic rings. The van der Waals surface area contributed by atoms with Crippen LogP contribution in [-0.2, 0) is 9.53 Å². The number of carbonyl (C=O) groups is 1. The first-order valence-electron chi connectivity index (χ1n) is 7.25. The predicted molar refractivity (Wildman–Crippen MR) is 73.3 cm³/mol. The number of rotatable bonds is 5. The maximum atomic E-state index is 11.6. The standard InChI is InChI=1S/C14H26N2O3/c1-10(2)15-14(13(17)18)6-4-11(8-14)16-7-5-12(9-16)19-3/h10-12,15H,4-9H2,1-3H3,(H,17,18). The summed E-state index contributed by atoms with van der Waals surface area (Å²) in [6, 6.07) is 0.572. The number of hydrogen-bond acceptors (Lipinski definition) is 4. The van der Waals surface area contributed by atoms with Gasteiger partial charge >= 0.3 is 5.97 Å². The maximum Gasteiger partial charge on any atom is 0.323 e. The first-order chi connectivity index (χ1) is 8.97. The second-order valence-corrected chi connectivity index (χ2v) is 6.22. The third-order valence-electron chi connectivity index (χ3n) is 4.49. The van der Waals surface area contributed by atoms with Gasteiger partial charge in [-0.25, -0.2) is 0 Å². The Morgan fingerprint density at radius 3 is 2.74 bits per heavy atom. The Labute approximate surface area is 115 Å². The lowest BCUT2D eigenvalue weighted by Crippen LogP contribution is -2.53. The quantitative estimate of drug-likeness (QED) is 0.783. The molecule has 0 spiro atoms. The molecule has 2 fully saturated rings. The molecule has 0 amide bonds. The molecule has 0 aromatic rings. The molecule has 19 heavy (non-hydrogen) atoms. The van der Waals surface area contributed by atoms with Crippen LogP contribution in [0.4, 0.5) is 0 Å². The highest BCUT2D eigenvalue weighted by Crippen LogP contribution is 2.35. The molecule has 3 atom stereocenters. The normalized spacial score (nSPS) is 36.2. The number of nitrogens with one attached hydrogen (secondary N) is 1. The summed E-state index contributed by atoms with van der Waals surface area (Å²) in [5.41, 5.74) is -0.732. The highest BCUT2D eigenvalue weighted by atomic mass is 16.5. The molecule has 2 N–H and O–H groups in total. The van der Waals surface area contributed by atoms with Crippen LogP contribution in [-0.4, -0.2) is 59.9 Å². The zero-order chi connectivity index (χ0) is 14.0. The molecule has 5 nitrogen and oxygen atoms in total. The van der Waals surface area contributed by atoms with Crippen molar-refractivity contribution in [3.8, 4) is 0 Å². The van der Waals surface area contributed by atoms with E-state index in [0.717, 1.165) is 32.4 Å². The first kappa shape index (κ1) is 14.8. The summed E-state index contributed by atoms with van der Waals surface area (Å²) in [7, 11) is 1.75. The molecule has 1 saturated carbocycles. The van der Waals surface area contributed by atoms with E-state index >= 15 is 0 Å². The van der Waals surface area contributed by atoms with Crippen molar-refractivity contribution < 1.29 is 14.6 Å². The fraction of sp³-hybridized carbons (Fsp3) is 0.929. The Hall–Kier alpha value is -0.650. The van der Waals surface area contributed by atoms with Gasteiger partial charge in [-0.15, -0.1) is 0 Å². The van der Waals surface area contributed by atoms with Gasteiger partial charge in [-0.2, -0.15) is 0 Å². The molecule has 0 aromatic heterocycles. The number of likely N-dealkylation sites (tertiary alicyclic amines) is 1. The number of carboxylic acid groups (broad SMARTS) is 1. The van der Waals surface area contributed by atoms with Crippen molar-refractivity contribution in [1.82, 2.24) is 10.2 Å². The van der Waals surface area contributed by atoms with Crippen LogP contribution in [0, 0.1) is 0 Å². The molecule has 1 saturated heterocycles. The maximum absolute atomic E-state index is 11.6. The molecule has 1 aliphatic carbocycles. The Bertz CT molecular complexity index is 335. The van der Waals surface area contributed by atoms with Gasteiger partial charge in [0.15, 0.2) is 0 Å². The molecule has 2 rings (SSSR count). The zero-order valence-electron chi connectivity index (χ0n) is 12.2. The number of nitrogens with zero attached hydrogens (tertiary/aromatic N) is 1. The van der Waals surface area contributed by atoms with Crippen LogP contribution in [0.3, 0.4) is 0 Å². The van der Waals surface area contributed by atoms with Crippen molar-refractivity contribution in [1.29, 1.82) is 0 Å². The number of methoxy groups -OCH3 is 1. The van der Waals surface area contributed by atoms with Gasteiger partial charge in [0, 0.05) is 32.3 Å². The van der Waals surface area contributed by atoms with E-state index in [2.05, 4.69) is 10.2 Å². The molecule has 0 aromatic carbocycles. The third kappa shape index (κ3) is 3.09. The van der Waals surface area contributed by atoms with Crippen LogP contribution in [0.5, 0.6) is 0 Å². The Morgan fingerprint density at radius 2 is 2.21 bits per heavy atom. The summed E-state index contributed by atoms with van der Waals surface area (Å²) in [6.45, 7) is 5.99. The van der Waals surface area contributed by atoms with Gasteiger partial charge in [0.05, 0.1) is 6.10 Å². The van der Waals surface area contributed by atoms with E-state index in [1.807, 2.05) is 13.8 Å². The van der Waals surface area contributed by atoms with E-state index in [-0.39, 0.29) is 6.04 Å². The Kier molecular flexibility index (Phi) is 4.48. The number of hydrogen-bond donors (Lipinski definition) is 2. The first-order valence-corrected chi connectivity index (χ1v) is 7.25. The van der Waals surface area contributed by atoms with E-state index < -0.39 is 11.5 Å². The van der Waals surface area contributed by atoms with Gasteiger partial charge in [0.25, 0.3) is 0 Å². The van der Waals surface area contributed by atoms with Crippen molar-refractivity contribution in [2.75, 3.05) is 20.2 Å². The minimum Gasteiger partial charge on any atom is -0.480 e. The van der Waals surface area contributed by atoms with Crippen LogP contribution in [0.15, 0.2) is 0 Å². The summed E-state index contributed by atoms with van der Waals surface area (Å²) < 4.78 is 5.39. The number of ether oxygens (including phenoxy) is 1. The minimum absolute atomic E-state index is 0.195. The van der Waals surface area contributed by atoms with Crippen molar-refractivity contribution >= 4 is 5.97 Å². The zero-order valence-corrected chi connectivity index (χ0v) is 12.2. The van der Waals surface area contributed by atoms with Crippen LogP contribution >= 0.6 is 0 Å². The molecule has 0 bridgehead atoms. The van der Waals surface area contributed by atoms with Crippen molar-refractivity contribution in [3.05, 3.63) is 0 Å². The van der Waals surface area contributed by atoms with E-state index in [9.17, 15) is 9.90 Å². The lowest BCUT2D eigenvalue weighted by Gasteiger charge is -2.30. The monoisotopic (exact) mass is 270 g/mol. The highest BCUT2D eigenvalue weighted by Gasteiger charge is 2.48. The van der Waals surface area contributed by atoms with Gasteiger partial charge in [0.1, 0.15) is 5.54 Å². The molecule has 0 radical (unpaired) electrons. The van der Waals surface area contributed by atoms with Crippen LogP contribution < -0.4 is 5.32 Å². The molecule has 1 heterocycles. The van der Waals surface area contributed by atoms with Crippen molar-refractivity contribution in [3.63, 3.8) is 0 Å². The second kappa shape index (κ2) is 5.77. The Balaban J connectivity index is 1.99. The van der Waals surface area contributed by atoms with Gasteiger partial charge in [-0.1, -0.05) is 0 Å². The SMILES string of the molecule is COC1CCN(C2CCC(NC(C)C)(C(=O)O)C2)C1. The number of aliphatic carboxylic acids is 1. The molecular weight excluding hydrogens is 244 g/mol. The fourth-order valence-electron chi connectivity index (χ4n) is 3.55. The second-order valence-electron chi connectivity index (χ2n) is 6.22. The molecule has 3 unspecified atom stereocenters. The summed E-state index contributed by atoms with van der Waals surface area (Å²) in [4.78, 5) is 14.0. The van der Waals surface area contributed by atoms with Gasteiger partial charge < -0.3 is 9.84 Å². The van der Waals surface area contributed by atoms with E-state index in [1.165, 1.54) is 0 Å². The summed E-state index contributed by atoms with van der Waals surface area (Å²) >= 11 is 0. The van der Waals surface area contributed by atoms with E-state index in [0.29, 0.717) is 18.6 Å². The topological polar surface area (TPSA) is 61.8 Å². The average molecular weight is 270 g/mol. The van der Waals surface area contributed by atoms with Gasteiger partial charge in [-0.3, -0.25) is 15.0 Å². The predicted octanol–water partition coefficient (Wildman–Crippen LogP) is 1.08. The van der Waals surface area contributed by atoms with Gasteiger partial charge in [-0.05, 0) is 39.5 Å². The third-order valence-corrected chi connectivity index (χ3v) is 4.49. The highest BCUT2D eigenvalue weighted by molar-refractivity contribution is 5.79. The van der Waals surface area contributed by atoms with Crippen LogP contribution in [0.2, 0.25) is 0 Å². The fourth-order valence-corrected chi connectivity index (χ4v) is 3.55. The van der Waals surface area contributed by atoms with Crippen molar-refractivity contribution in [2.24, 2.45) is 0 Å². The minimum atomic E-state index is -0.732. The average Bonchev–Trinajstić information content (AvgIpc) is 2.94. The summed E-state index contributed by atoms with van der Waals surface area (Å²) in [5.74, 6) is -0.703. The smallest absolute Gasteiger partial charge is 0.323 e. The van der Waals surface area contributed by atoms with E-state index in [4.69, 9.17) is 4.74 Å². The summed E-state index contributed by atoms with van der Waals surface area (Å²) in [5, 5.41) is 12.8. The molecule has 1 aliphatic heterocycles. The molecule has 110 valence electrons. The summed E-state index contributed by atoms with van der Waals surface area (Å²) in [6.07, 6.45) is 3.77. The molecular formula is C14H26N2O3. The Morgan fingerprint density at radius 1 is 1.47 bits per heavy atom. The van der Waals surface area contributed by atoms with Crippen LogP contribution in [0.1, 0.15) is 39.5 Å². The van der Waals surface area contributed by atoms with Gasteiger partial charge in [0.2, 0.25) is 0 Å². The lowest BCUT2D eigenvalue weighted by molar-refractivity contribution is -0.145. The largest absolute Gasteiger partial charge is 0.480 e. The molecule has 5 heteroatoms.